The Kier molecular flexibility index (Phi) is 5.17. The number of carbonyl (C=O) groups is 3. The van der Waals surface area contributed by atoms with E-state index in [0.29, 0.717) is 17.0 Å². The number of hydrazone groups is 1. The van der Waals surface area contributed by atoms with Gasteiger partial charge in [-0.25, -0.2) is 0 Å². The van der Waals surface area contributed by atoms with Crippen molar-refractivity contribution in [3.63, 3.8) is 0 Å². The van der Waals surface area contributed by atoms with Gasteiger partial charge in [-0.15, -0.1) is 0 Å². The monoisotopic (exact) mass is 465 g/mol. The summed E-state index contributed by atoms with van der Waals surface area (Å²) in [4.78, 5) is 38.5. The Morgan fingerprint density at radius 1 is 0.943 bits per heavy atom. The lowest BCUT2D eigenvalue weighted by atomic mass is 9.85. The first kappa shape index (κ1) is 21.3. The molecule has 1 saturated carbocycles. The number of hydrogen-bond acceptors (Lipinski definition) is 5. The van der Waals surface area contributed by atoms with Crippen LogP contribution in [-0.2, 0) is 14.4 Å². The van der Waals surface area contributed by atoms with Gasteiger partial charge >= 0.3 is 0 Å². The van der Waals surface area contributed by atoms with E-state index in [9.17, 15) is 14.4 Å². The predicted molar refractivity (Wildman–Crippen MR) is 132 cm³/mol. The maximum atomic E-state index is 13.0. The molecule has 2 fully saturated rings. The van der Waals surface area contributed by atoms with Crippen LogP contribution < -0.4 is 10.1 Å². The Morgan fingerprint density at radius 2 is 1.63 bits per heavy atom. The molecule has 35 heavy (non-hydrogen) atoms. The van der Waals surface area contributed by atoms with Crippen molar-refractivity contribution in [2.75, 3.05) is 11.9 Å². The normalized spacial score (nSPS) is 24.5. The number of nitrogens with one attached hydrogen (secondary N) is 1. The first-order chi connectivity index (χ1) is 17.1. The van der Waals surface area contributed by atoms with E-state index in [1.54, 1.807) is 18.2 Å². The van der Waals surface area contributed by atoms with Crippen LogP contribution in [0.3, 0.4) is 0 Å². The quantitative estimate of drug-likeness (QED) is 0.339. The van der Waals surface area contributed by atoms with E-state index in [1.165, 1.54) is 6.21 Å². The van der Waals surface area contributed by atoms with Gasteiger partial charge in [0.25, 0.3) is 17.7 Å². The fourth-order valence-corrected chi connectivity index (χ4v) is 5.51. The van der Waals surface area contributed by atoms with E-state index in [4.69, 9.17) is 4.74 Å². The Hall–Kier alpha value is -4.26. The third kappa shape index (κ3) is 3.69. The average Bonchev–Trinajstić information content (AvgIpc) is 3.56. The fourth-order valence-electron chi connectivity index (χ4n) is 5.51. The van der Waals surface area contributed by atoms with E-state index >= 15 is 0 Å². The number of imide groups is 1. The number of carbonyl (C=O) groups excluding carboxylic acids is 3. The molecule has 174 valence electrons. The van der Waals surface area contributed by atoms with E-state index in [0.717, 1.165) is 22.2 Å². The average molecular weight is 466 g/mol. The molecule has 1 heterocycles. The van der Waals surface area contributed by atoms with Gasteiger partial charge in [0, 0.05) is 11.3 Å². The molecule has 3 aliphatic rings. The van der Waals surface area contributed by atoms with Gasteiger partial charge in [0.15, 0.2) is 6.61 Å². The summed E-state index contributed by atoms with van der Waals surface area (Å²) in [5.41, 5.74) is 1.29. The van der Waals surface area contributed by atoms with Crippen LogP contribution in [0, 0.1) is 23.7 Å². The van der Waals surface area contributed by atoms with Crippen molar-refractivity contribution in [1.29, 1.82) is 0 Å². The van der Waals surface area contributed by atoms with Crippen LogP contribution in [-0.4, -0.2) is 35.6 Å². The number of amides is 3. The number of ether oxygens (including phenoxy) is 1. The SMILES string of the molecule is O=C(COc1ccc2ccccc2c1C=NN1C(=O)C2C3C=CC(C3)C2C1=O)Nc1ccccc1. The third-order valence-corrected chi connectivity index (χ3v) is 7.10. The smallest absolute Gasteiger partial charge is 0.262 e. The van der Waals surface area contributed by atoms with Crippen molar-refractivity contribution < 1.29 is 19.1 Å². The van der Waals surface area contributed by atoms with Gasteiger partial charge in [0.2, 0.25) is 0 Å². The van der Waals surface area contributed by atoms with E-state index in [2.05, 4.69) is 22.6 Å². The van der Waals surface area contributed by atoms with Crippen LogP contribution in [0.1, 0.15) is 12.0 Å². The number of nitrogens with zero attached hydrogens (tertiary/aromatic N) is 2. The summed E-state index contributed by atoms with van der Waals surface area (Å²) in [7, 11) is 0. The number of rotatable bonds is 6. The molecule has 7 heteroatoms. The fraction of sp³-hybridized carbons (Fsp3) is 0.214. The van der Waals surface area contributed by atoms with Gasteiger partial charge in [-0.3, -0.25) is 14.4 Å². The molecule has 1 aliphatic heterocycles. The first-order valence-electron chi connectivity index (χ1n) is 11.7. The second kappa shape index (κ2) is 8.51. The molecule has 1 N–H and O–H groups in total. The summed E-state index contributed by atoms with van der Waals surface area (Å²) in [6, 6.07) is 20.5. The number of para-hydroxylation sites is 1. The molecule has 3 aromatic carbocycles. The Morgan fingerprint density at radius 3 is 2.37 bits per heavy atom. The molecule has 4 unspecified atom stereocenters. The molecular weight excluding hydrogens is 442 g/mol. The molecule has 3 aromatic rings. The van der Waals surface area contributed by atoms with Gasteiger partial charge in [-0.05, 0) is 47.2 Å². The highest BCUT2D eigenvalue weighted by atomic mass is 16.5. The highest BCUT2D eigenvalue weighted by Crippen LogP contribution is 2.52. The van der Waals surface area contributed by atoms with Gasteiger partial charge < -0.3 is 10.1 Å². The molecule has 0 spiro atoms. The molecule has 6 rings (SSSR count). The molecule has 3 amide bonds. The van der Waals surface area contributed by atoms with Crippen LogP contribution in [0.4, 0.5) is 5.69 Å². The van der Waals surface area contributed by atoms with Gasteiger partial charge in [0.05, 0.1) is 18.1 Å². The Labute approximate surface area is 202 Å². The molecule has 0 aromatic heterocycles. The number of benzene rings is 3. The van der Waals surface area contributed by atoms with Gasteiger partial charge in [-0.2, -0.15) is 10.1 Å². The highest BCUT2D eigenvalue weighted by Gasteiger charge is 2.59. The summed E-state index contributed by atoms with van der Waals surface area (Å²) in [5, 5.41) is 9.95. The largest absolute Gasteiger partial charge is 0.483 e. The Balaban J connectivity index is 1.26. The minimum atomic E-state index is -0.306. The van der Waals surface area contributed by atoms with Crippen LogP contribution >= 0.6 is 0 Å². The third-order valence-electron chi connectivity index (χ3n) is 7.10. The molecule has 2 aliphatic carbocycles. The van der Waals surface area contributed by atoms with Gasteiger partial charge in [0.1, 0.15) is 5.75 Å². The Bertz CT molecular complexity index is 1370. The van der Waals surface area contributed by atoms with Crippen LogP contribution in [0.25, 0.3) is 10.8 Å². The lowest BCUT2D eigenvalue weighted by Gasteiger charge is -2.14. The minimum absolute atomic E-state index is 0.126. The van der Waals surface area contributed by atoms with Crippen molar-refractivity contribution >= 4 is 40.4 Å². The first-order valence-corrected chi connectivity index (χ1v) is 11.7. The summed E-state index contributed by atoms with van der Waals surface area (Å²) in [5.74, 6) is -0.692. The standard InChI is InChI=1S/C28H23N3O4/c32-24(30-20-7-2-1-3-8-20)16-35-23-13-12-17-6-4-5-9-21(17)22(23)15-29-31-27(33)25-18-10-11-19(14-18)26(25)28(31)34/h1-13,15,18-19,25-26H,14,16H2,(H,30,32). The lowest BCUT2D eigenvalue weighted by molar-refractivity contribution is -0.140. The zero-order valence-corrected chi connectivity index (χ0v) is 18.8. The maximum Gasteiger partial charge on any atom is 0.262 e. The lowest BCUT2D eigenvalue weighted by Crippen LogP contribution is -2.28. The van der Waals surface area contributed by atoms with Crippen LogP contribution in [0.15, 0.2) is 84.0 Å². The topological polar surface area (TPSA) is 88.1 Å². The molecule has 1 saturated heterocycles. The van der Waals surface area contributed by atoms with Crippen LogP contribution in [0.5, 0.6) is 5.75 Å². The van der Waals surface area contributed by atoms with E-state index in [1.807, 2.05) is 48.5 Å². The summed E-state index contributed by atoms with van der Waals surface area (Å²) in [6.45, 7) is -0.200. The van der Waals surface area contributed by atoms with Crippen LogP contribution in [0.2, 0.25) is 0 Å². The zero-order chi connectivity index (χ0) is 23.9. The number of anilines is 1. The van der Waals surface area contributed by atoms with Crippen molar-refractivity contribution in [2.45, 2.75) is 6.42 Å². The molecule has 7 nitrogen and oxygen atoms in total. The second-order valence-electron chi connectivity index (χ2n) is 9.13. The van der Waals surface area contributed by atoms with E-state index in [-0.39, 0.29) is 48.0 Å². The number of allylic oxidation sites excluding steroid dienone is 2. The number of hydrogen-bond donors (Lipinski definition) is 1. The van der Waals surface area contributed by atoms with Crippen molar-refractivity contribution in [3.05, 3.63) is 84.4 Å². The highest BCUT2D eigenvalue weighted by molar-refractivity contribution is 6.08. The summed E-state index contributed by atoms with van der Waals surface area (Å²) < 4.78 is 5.87. The number of fused-ring (bicyclic) bond motifs is 6. The van der Waals surface area contributed by atoms with Crippen molar-refractivity contribution in [3.8, 4) is 5.75 Å². The second-order valence-corrected chi connectivity index (χ2v) is 9.13. The van der Waals surface area contributed by atoms with Gasteiger partial charge in [-0.1, -0.05) is 60.7 Å². The molecule has 2 bridgehead atoms. The summed E-state index contributed by atoms with van der Waals surface area (Å²) in [6.07, 6.45) is 6.48. The zero-order valence-electron chi connectivity index (χ0n) is 18.8. The predicted octanol–water partition coefficient (Wildman–Crippen LogP) is 4.00. The van der Waals surface area contributed by atoms with E-state index < -0.39 is 0 Å². The molecule has 0 radical (unpaired) electrons. The summed E-state index contributed by atoms with van der Waals surface area (Å²) >= 11 is 0. The van der Waals surface area contributed by atoms with Crippen molar-refractivity contribution in [2.24, 2.45) is 28.8 Å². The molecule has 4 atom stereocenters. The van der Waals surface area contributed by atoms with Crippen molar-refractivity contribution in [1.82, 2.24) is 5.01 Å². The maximum absolute atomic E-state index is 13.0. The molecular formula is C28H23N3O4. The minimum Gasteiger partial charge on any atom is -0.483 e.